The number of hydrogen-bond donors (Lipinski definition) is 1. The maximum absolute atomic E-state index is 13.2. The monoisotopic (exact) mass is 414 g/mol. The Morgan fingerprint density at radius 2 is 1.76 bits per heavy atom. The quantitative estimate of drug-likeness (QED) is 0.600. The molecule has 1 atom stereocenters. The Hall–Kier alpha value is -2.33. The summed E-state index contributed by atoms with van der Waals surface area (Å²) < 4.78 is 0. The van der Waals surface area contributed by atoms with Crippen LogP contribution in [0.1, 0.15) is 49.8 Å². The zero-order chi connectivity index (χ0) is 21.2. The third-order valence-electron chi connectivity index (χ3n) is 4.97. The van der Waals surface area contributed by atoms with E-state index < -0.39 is 6.04 Å². The van der Waals surface area contributed by atoms with Gasteiger partial charge in [0.1, 0.15) is 6.04 Å². The van der Waals surface area contributed by atoms with Crippen molar-refractivity contribution in [2.24, 2.45) is 0 Å². The van der Waals surface area contributed by atoms with E-state index in [2.05, 4.69) is 5.32 Å². The average molecular weight is 415 g/mol. The van der Waals surface area contributed by atoms with Gasteiger partial charge in [-0.3, -0.25) is 9.59 Å². The Labute approximate surface area is 179 Å². The second-order valence-electron chi connectivity index (χ2n) is 7.31. The minimum Gasteiger partial charge on any atom is -0.354 e. The second-order valence-corrected chi connectivity index (χ2v) is 7.72. The molecule has 0 heterocycles. The van der Waals surface area contributed by atoms with Crippen molar-refractivity contribution in [1.82, 2.24) is 10.2 Å². The third-order valence-corrected chi connectivity index (χ3v) is 5.34. The third kappa shape index (κ3) is 6.90. The van der Waals surface area contributed by atoms with Gasteiger partial charge in [0.25, 0.3) is 0 Å². The number of halogens is 1. The summed E-state index contributed by atoms with van der Waals surface area (Å²) in [5, 5.41) is 3.61. The lowest BCUT2D eigenvalue weighted by Crippen LogP contribution is -2.49. The van der Waals surface area contributed by atoms with Crippen LogP contribution in [0.3, 0.4) is 0 Å². The fourth-order valence-electron chi connectivity index (χ4n) is 3.26. The van der Waals surface area contributed by atoms with Crippen LogP contribution >= 0.6 is 11.6 Å². The molecular formula is C24H31ClN2O2. The molecule has 0 aliphatic rings. The van der Waals surface area contributed by atoms with Crippen LogP contribution in [0.25, 0.3) is 0 Å². The molecule has 5 heteroatoms. The predicted molar refractivity (Wildman–Crippen MR) is 119 cm³/mol. The minimum atomic E-state index is -0.485. The number of rotatable bonds is 10. The van der Waals surface area contributed by atoms with Crippen LogP contribution in [-0.2, 0) is 22.6 Å². The molecule has 0 saturated carbocycles. The Morgan fingerprint density at radius 1 is 1.07 bits per heavy atom. The highest BCUT2D eigenvalue weighted by Gasteiger charge is 2.28. The van der Waals surface area contributed by atoms with Gasteiger partial charge in [0, 0.05) is 24.5 Å². The van der Waals surface area contributed by atoms with Crippen molar-refractivity contribution in [3.05, 3.63) is 70.2 Å². The first-order valence-electron chi connectivity index (χ1n) is 10.3. The number of carbonyl (C=O) groups is 2. The van der Waals surface area contributed by atoms with Crippen LogP contribution in [0.5, 0.6) is 0 Å². The van der Waals surface area contributed by atoms with E-state index >= 15 is 0 Å². The van der Waals surface area contributed by atoms with Crippen LogP contribution in [0.15, 0.2) is 48.5 Å². The molecule has 0 fully saturated rings. The lowest BCUT2D eigenvalue weighted by atomic mass is 10.1. The van der Waals surface area contributed by atoms with Crippen LogP contribution < -0.4 is 5.32 Å². The molecule has 0 aromatic heterocycles. The summed E-state index contributed by atoms with van der Waals surface area (Å²) >= 11 is 6.24. The van der Waals surface area contributed by atoms with E-state index in [1.807, 2.05) is 69.3 Å². The molecular weight excluding hydrogens is 384 g/mol. The van der Waals surface area contributed by atoms with Gasteiger partial charge < -0.3 is 10.2 Å². The Kier molecular flexibility index (Phi) is 9.20. The first kappa shape index (κ1) is 23.0. The summed E-state index contributed by atoms with van der Waals surface area (Å²) in [6.07, 6.45) is 2.29. The first-order valence-corrected chi connectivity index (χ1v) is 10.7. The fourth-order valence-corrected chi connectivity index (χ4v) is 3.49. The summed E-state index contributed by atoms with van der Waals surface area (Å²) in [4.78, 5) is 27.6. The number of nitrogens with one attached hydrogen (secondary N) is 1. The SMILES string of the molecule is CCCNC(=O)C(CC)N(Cc1ccc(C)cc1)C(=O)CCc1ccccc1Cl. The van der Waals surface area contributed by atoms with Gasteiger partial charge in [-0.25, -0.2) is 0 Å². The number of benzene rings is 2. The Morgan fingerprint density at radius 3 is 2.38 bits per heavy atom. The number of amides is 2. The molecule has 2 aromatic carbocycles. The van der Waals surface area contributed by atoms with Crippen molar-refractivity contribution in [3.63, 3.8) is 0 Å². The highest BCUT2D eigenvalue weighted by atomic mass is 35.5. The highest BCUT2D eigenvalue weighted by molar-refractivity contribution is 6.31. The van der Waals surface area contributed by atoms with E-state index in [1.165, 1.54) is 0 Å². The van der Waals surface area contributed by atoms with Crippen molar-refractivity contribution in [2.75, 3.05) is 6.54 Å². The largest absolute Gasteiger partial charge is 0.354 e. The van der Waals surface area contributed by atoms with Crippen molar-refractivity contribution in [2.45, 2.75) is 59.0 Å². The van der Waals surface area contributed by atoms with Crippen LogP contribution in [0.2, 0.25) is 5.02 Å². The zero-order valence-electron chi connectivity index (χ0n) is 17.6. The van der Waals surface area contributed by atoms with E-state index in [0.29, 0.717) is 37.4 Å². The molecule has 0 bridgehead atoms. The van der Waals surface area contributed by atoms with Crippen LogP contribution in [-0.4, -0.2) is 29.3 Å². The van der Waals surface area contributed by atoms with Gasteiger partial charge in [-0.2, -0.15) is 0 Å². The van der Waals surface area contributed by atoms with Crippen molar-refractivity contribution in [3.8, 4) is 0 Å². The van der Waals surface area contributed by atoms with E-state index in [9.17, 15) is 9.59 Å². The normalized spacial score (nSPS) is 11.7. The lowest BCUT2D eigenvalue weighted by Gasteiger charge is -2.31. The van der Waals surface area contributed by atoms with Gasteiger partial charge in [-0.05, 0) is 43.4 Å². The second kappa shape index (κ2) is 11.6. The zero-order valence-corrected chi connectivity index (χ0v) is 18.3. The van der Waals surface area contributed by atoms with Gasteiger partial charge in [-0.1, -0.05) is 73.5 Å². The van der Waals surface area contributed by atoms with Gasteiger partial charge in [0.05, 0.1) is 0 Å². The maximum Gasteiger partial charge on any atom is 0.242 e. The van der Waals surface area contributed by atoms with Gasteiger partial charge in [0.2, 0.25) is 11.8 Å². The van der Waals surface area contributed by atoms with Crippen LogP contribution in [0.4, 0.5) is 0 Å². The van der Waals surface area contributed by atoms with Gasteiger partial charge in [0.15, 0.2) is 0 Å². The Bertz CT molecular complexity index is 805. The Balaban J connectivity index is 2.19. The molecule has 1 N–H and O–H groups in total. The molecule has 29 heavy (non-hydrogen) atoms. The molecule has 2 amide bonds. The molecule has 4 nitrogen and oxygen atoms in total. The molecule has 0 aliphatic heterocycles. The molecule has 0 aliphatic carbocycles. The lowest BCUT2D eigenvalue weighted by molar-refractivity contribution is -0.141. The first-order chi connectivity index (χ1) is 14.0. The molecule has 2 aromatic rings. The standard InChI is InChI=1S/C24H31ClN2O2/c1-4-16-26-24(29)22(5-2)27(17-19-12-10-18(3)11-13-19)23(28)15-14-20-8-6-7-9-21(20)25/h6-13,22H,4-5,14-17H2,1-3H3,(H,26,29). The summed E-state index contributed by atoms with van der Waals surface area (Å²) in [6.45, 7) is 7.02. The fraction of sp³-hybridized carbons (Fsp3) is 0.417. The molecule has 0 saturated heterocycles. The number of nitrogens with zero attached hydrogens (tertiary/aromatic N) is 1. The summed E-state index contributed by atoms with van der Waals surface area (Å²) in [6, 6.07) is 15.2. The molecule has 0 spiro atoms. The van der Waals surface area contributed by atoms with Crippen molar-refractivity contribution < 1.29 is 9.59 Å². The molecule has 1 unspecified atom stereocenters. The van der Waals surface area contributed by atoms with Crippen molar-refractivity contribution in [1.29, 1.82) is 0 Å². The topological polar surface area (TPSA) is 49.4 Å². The number of aryl methyl sites for hydroxylation is 2. The maximum atomic E-state index is 13.2. The predicted octanol–water partition coefficient (Wildman–Crippen LogP) is 4.91. The highest BCUT2D eigenvalue weighted by Crippen LogP contribution is 2.19. The van der Waals surface area contributed by atoms with Crippen LogP contribution in [0, 0.1) is 6.92 Å². The van der Waals surface area contributed by atoms with Gasteiger partial charge >= 0.3 is 0 Å². The molecule has 0 radical (unpaired) electrons. The van der Waals surface area contributed by atoms with E-state index in [-0.39, 0.29) is 11.8 Å². The molecule has 2 rings (SSSR count). The van der Waals surface area contributed by atoms with Crippen molar-refractivity contribution >= 4 is 23.4 Å². The summed E-state index contributed by atoms with van der Waals surface area (Å²) in [7, 11) is 0. The van der Waals surface area contributed by atoms with E-state index in [0.717, 1.165) is 23.1 Å². The number of carbonyl (C=O) groups excluding carboxylic acids is 2. The minimum absolute atomic E-state index is 0.0380. The molecule has 156 valence electrons. The summed E-state index contributed by atoms with van der Waals surface area (Å²) in [5.41, 5.74) is 3.13. The smallest absolute Gasteiger partial charge is 0.242 e. The van der Waals surface area contributed by atoms with E-state index in [1.54, 1.807) is 4.90 Å². The summed E-state index contributed by atoms with van der Waals surface area (Å²) in [5.74, 6) is -0.128. The average Bonchev–Trinajstić information content (AvgIpc) is 2.72. The van der Waals surface area contributed by atoms with E-state index in [4.69, 9.17) is 11.6 Å². The van der Waals surface area contributed by atoms with Gasteiger partial charge in [-0.15, -0.1) is 0 Å². The number of hydrogen-bond acceptors (Lipinski definition) is 2.